The lowest BCUT2D eigenvalue weighted by atomic mass is 9.99. The molecule has 0 radical (unpaired) electrons. The number of aromatic amines is 1. The van der Waals surface area contributed by atoms with Gasteiger partial charge < -0.3 is 10.1 Å². The van der Waals surface area contributed by atoms with Gasteiger partial charge in [-0.2, -0.15) is 0 Å². The van der Waals surface area contributed by atoms with E-state index in [0.717, 1.165) is 29.4 Å². The lowest BCUT2D eigenvalue weighted by Gasteiger charge is -2.05. The van der Waals surface area contributed by atoms with Crippen LogP contribution in [0.25, 0.3) is 10.9 Å². The van der Waals surface area contributed by atoms with Gasteiger partial charge in [0, 0.05) is 28.6 Å². The third-order valence-corrected chi connectivity index (χ3v) is 6.66. The summed E-state index contributed by atoms with van der Waals surface area (Å²) in [5, 5.41) is 9.95. The zero-order valence-corrected chi connectivity index (χ0v) is 20.8. The van der Waals surface area contributed by atoms with Gasteiger partial charge in [-0.15, -0.1) is 0 Å². The Labute approximate surface area is 200 Å². The first-order valence-electron chi connectivity index (χ1n) is 13.5. The standard InChI is InChI=1S/C29H45NO3/c1-2-3-4-5-6-7-8-9-10-11-12-13-14-15-16-21-27(31)29-24-19-17-18-20-25(24)30-26(29)22-23-28(32)33/h17-20,30H,2-16,21-23H2,1H3,(H,32,33). The van der Waals surface area contributed by atoms with Crippen molar-refractivity contribution in [3.8, 4) is 0 Å². The minimum Gasteiger partial charge on any atom is -0.481 e. The van der Waals surface area contributed by atoms with E-state index in [1.54, 1.807) is 0 Å². The highest BCUT2D eigenvalue weighted by atomic mass is 16.4. The van der Waals surface area contributed by atoms with Gasteiger partial charge >= 0.3 is 5.97 Å². The third-order valence-electron chi connectivity index (χ3n) is 6.66. The second kappa shape index (κ2) is 16.5. The lowest BCUT2D eigenvalue weighted by molar-refractivity contribution is -0.136. The third kappa shape index (κ3) is 10.6. The highest BCUT2D eigenvalue weighted by molar-refractivity contribution is 6.09. The highest BCUT2D eigenvalue weighted by Gasteiger charge is 2.18. The first-order chi connectivity index (χ1) is 16.1. The summed E-state index contributed by atoms with van der Waals surface area (Å²) >= 11 is 0. The first kappa shape index (κ1) is 27.1. The van der Waals surface area contributed by atoms with Gasteiger partial charge in [-0.25, -0.2) is 0 Å². The van der Waals surface area contributed by atoms with Crippen LogP contribution in [0.15, 0.2) is 24.3 Å². The van der Waals surface area contributed by atoms with Gasteiger partial charge in [0.1, 0.15) is 0 Å². The molecule has 184 valence electrons. The number of rotatable bonds is 20. The molecule has 33 heavy (non-hydrogen) atoms. The fourth-order valence-electron chi connectivity index (χ4n) is 4.72. The summed E-state index contributed by atoms with van der Waals surface area (Å²) in [4.78, 5) is 27.2. The largest absolute Gasteiger partial charge is 0.481 e. The van der Waals surface area contributed by atoms with Crippen molar-refractivity contribution in [2.45, 2.75) is 122 Å². The molecule has 0 unspecified atom stereocenters. The van der Waals surface area contributed by atoms with Crippen molar-refractivity contribution in [2.75, 3.05) is 0 Å². The van der Waals surface area contributed by atoms with Crippen LogP contribution in [0.3, 0.4) is 0 Å². The van der Waals surface area contributed by atoms with Crippen molar-refractivity contribution in [1.29, 1.82) is 0 Å². The number of unbranched alkanes of at least 4 members (excludes halogenated alkanes) is 14. The molecular formula is C29H45NO3. The van der Waals surface area contributed by atoms with Crippen molar-refractivity contribution in [2.24, 2.45) is 0 Å². The van der Waals surface area contributed by atoms with E-state index >= 15 is 0 Å². The number of fused-ring (bicyclic) bond motifs is 1. The molecule has 4 nitrogen and oxygen atoms in total. The number of carboxylic acids is 1. The Hall–Kier alpha value is -2.10. The van der Waals surface area contributed by atoms with E-state index < -0.39 is 5.97 Å². The Bertz CT molecular complexity index is 823. The zero-order chi connectivity index (χ0) is 23.7. The molecule has 0 aliphatic carbocycles. The van der Waals surface area contributed by atoms with Crippen LogP contribution in [0.2, 0.25) is 0 Å². The maximum atomic E-state index is 13.0. The summed E-state index contributed by atoms with van der Waals surface area (Å²) in [6.07, 6.45) is 20.6. The van der Waals surface area contributed by atoms with E-state index in [1.165, 1.54) is 83.5 Å². The molecule has 2 N–H and O–H groups in total. The molecule has 1 aromatic carbocycles. The number of H-pyrrole nitrogens is 1. The zero-order valence-electron chi connectivity index (χ0n) is 20.8. The molecule has 0 amide bonds. The fraction of sp³-hybridized carbons (Fsp3) is 0.655. The summed E-state index contributed by atoms with van der Waals surface area (Å²) in [6, 6.07) is 7.77. The normalized spacial score (nSPS) is 11.3. The first-order valence-corrected chi connectivity index (χ1v) is 13.5. The summed E-state index contributed by atoms with van der Waals surface area (Å²) in [7, 11) is 0. The lowest BCUT2D eigenvalue weighted by Crippen LogP contribution is -2.05. The molecule has 1 aromatic heterocycles. The number of carboxylic acid groups (broad SMARTS) is 1. The summed E-state index contributed by atoms with van der Waals surface area (Å²) in [5.74, 6) is -0.697. The van der Waals surface area contributed by atoms with Gasteiger partial charge in [0.05, 0.1) is 6.42 Å². The number of carbonyl (C=O) groups is 2. The van der Waals surface area contributed by atoms with Crippen LogP contribution in [0, 0.1) is 0 Å². The van der Waals surface area contributed by atoms with Crippen molar-refractivity contribution >= 4 is 22.7 Å². The molecule has 0 aliphatic rings. The van der Waals surface area contributed by atoms with Crippen molar-refractivity contribution in [3.05, 3.63) is 35.5 Å². The maximum Gasteiger partial charge on any atom is 0.303 e. The van der Waals surface area contributed by atoms with Crippen LogP contribution in [0.4, 0.5) is 0 Å². The van der Waals surface area contributed by atoms with Crippen molar-refractivity contribution < 1.29 is 14.7 Å². The number of aromatic nitrogens is 1. The van der Waals surface area contributed by atoms with E-state index in [-0.39, 0.29) is 12.2 Å². The van der Waals surface area contributed by atoms with Crippen LogP contribution in [-0.2, 0) is 11.2 Å². The number of nitrogens with one attached hydrogen (secondary N) is 1. The minimum absolute atomic E-state index is 0.0338. The average molecular weight is 456 g/mol. The summed E-state index contributed by atoms with van der Waals surface area (Å²) in [6.45, 7) is 2.27. The number of hydrogen-bond donors (Lipinski definition) is 2. The SMILES string of the molecule is CCCCCCCCCCCCCCCCCC(=O)c1c(CCC(=O)O)[nH]c2ccccc12. The van der Waals surface area contributed by atoms with Crippen LogP contribution in [0.1, 0.15) is 132 Å². The Kier molecular flexibility index (Phi) is 13.6. The molecule has 0 bridgehead atoms. The molecular weight excluding hydrogens is 410 g/mol. The smallest absolute Gasteiger partial charge is 0.303 e. The quantitative estimate of drug-likeness (QED) is 0.155. The molecule has 2 aromatic rings. The number of carbonyl (C=O) groups excluding carboxylic acids is 1. The Morgan fingerprint density at radius 1 is 0.727 bits per heavy atom. The molecule has 0 saturated carbocycles. The highest BCUT2D eigenvalue weighted by Crippen LogP contribution is 2.26. The van der Waals surface area contributed by atoms with Crippen LogP contribution >= 0.6 is 0 Å². The number of Topliss-reactive ketones (excluding diaryl/α,β-unsaturated/α-hetero) is 1. The molecule has 0 atom stereocenters. The maximum absolute atomic E-state index is 13.0. The Morgan fingerprint density at radius 2 is 1.24 bits per heavy atom. The average Bonchev–Trinajstić information content (AvgIpc) is 3.18. The van der Waals surface area contributed by atoms with Gasteiger partial charge in [0.15, 0.2) is 5.78 Å². The predicted molar refractivity (Wildman–Crippen MR) is 138 cm³/mol. The summed E-state index contributed by atoms with van der Waals surface area (Å²) in [5.41, 5.74) is 2.39. The number of aryl methyl sites for hydroxylation is 1. The number of para-hydroxylation sites is 1. The van der Waals surface area contributed by atoms with Crippen molar-refractivity contribution in [1.82, 2.24) is 4.98 Å². The van der Waals surface area contributed by atoms with Crippen LogP contribution in [0.5, 0.6) is 0 Å². The Balaban J connectivity index is 1.57. The Morgan fingerprint density at radius 3 is 1.79 bits per heavy atom. The van der Waals surface area contributed by atoms with E-state index in [4.69, 9.17) is 5.11 Å². The molecule has 0 aliphatic heterocycles. The monoisotopic (exact) mass is 455 g/mol. The van der Waals surface area contributed by atoms with E-state index in [1.807, 2.05) is 24.3 Å². The molecule has 0 saturated heterocycles. The predicted octanol–water partition coefficient (Wildman–Crippen LogP) is 8.63. The van der Waals surface area contributed by atoms with E-state index in [0.29, 0.717) is 18.4 Å². The second-order valence-electron chi connectivity index (χ2n) is 9.54. The van der Waals surface area contributed by atoms with Gasteiger partial charge in [0.25, 0.3) is 0 Å². The molecule has 1 heterocycles. The number of benzene rings is 1. The topological polar surface area (TPSA) is 70.2 Å². The number of hydrogen-bond acceptors (Lipinski definition) is 2. The molecule has 0 fully saturated rings. The van der Waals surface area contributed by atoms with Crippen LogP contribution < -0.4 is 0 Å². The van der Waals surface area contributed by atoms with Gasteiger partial charge in [0.2, 0.25) is 0 Å². The van der Waals surface area contributed by atoms with E-state index in [9.17, 15) is 9.59 Å². The second-order valence-corrected chi connectivity index (χ2v) is 9.54. The van der Waals surface area contributed by atoms with Gasteiger partial charge in [-0.3, -0.25) is 9.59 Å². The minimum atomic E-state index is -0.838. The van der Waals surface area contributed by atoms with Crippen LogP contribution in [-0.4, -0.2) is 21.8 Å². The van der Waals surface area contributed by atoms with Gasteiger partial charge in [-0.1, -0.05) is 115 Å². The number of aliphatic carboxylic acids is 1. The molecule has 0 spiro atoms. The van der Waals surface area contributed by atoms with Gasteiger partial charge in [-0.05, 0) is 18.9 Å². The fourth-order valence-corrected chi connectivity index (χ4v) is 4.72. The number of ketones is 1. The summed E-state index contributed by atoms with van der Waals surface area (Å²) < 4.78 is 0. The van der Waals surface area contributed by atoms with E-state index in [2.05, 4.69) is 11.9 Å². The molecule has 2 rings (SSSR count). The van der Waals surface area contributed by atoms with Crippen molar-refractivity contribution in [3.63, 3.8) is 0 Å². The molecule has 4 heteroatoms.